The van der Waals surface area contributed by atoms with Gasteiger partial charge in [-0.05, 0) is 71.5 Å². The van der Waals surface area contributed by atoms with Gasteiger partial charge in [0.05, 0.1) is 0 Å². The summed E-state index contributed by atoms with van der Waals surface area (Å²) in [4.78, 5) is 0. The van der Waals surface area contributed by atoms with E-state index in [2.05, 4.69) is 83.4 Å². The van der Waals surface area contributed by atoms with Crippen LogP contribution in [0.4, 0.5) is 5.69 Å². The van der Waals surface area contributed by atoms with Gasteiger partial charge in [0.1, 0.15) is 0 Å². The third-order valence-electron chi connectivity index (χ3n) is 3.95. The second kappa shape index (κ2) is 5.53. The summed E-state index contributed by atoms with van der Waals surface area (Å²) in [6, 6.07) is 18.1. The Morgan fingerprint density at radius 1 is 1.05 bits per heavy atom. The fourth-order valence-electron chi connectivity index (χ4n) is 2.65. The van der Waals surface area contributed by atoms with E-state index in [0.29, 0.717) is 6.04 Å². The number of hydrogen-bond acceptors (Lipinski definition) is 1. The van der Waals surface area contributed by atoms with Crippen LogP contribution < -0.4 is 5.32 Å². The van der Waals surface area contributed by atoms with Gasteiger partial charge in [0.25, 0.3) is 0 Å². The third kappa shape index (κ3) is 2.94. The predicted octanol–water partition coefficient (Wildman–Crippen LogP) is 4.96. The average molecular weight is 363 g/mol. The van der Waals surface area contributed by atoms with E-state index >= 15 is 0 Å². The Morgan fingerprint density at radius 3 is 2.47 bits per heavy atom. The highest BCUT2D eigenvalue weighted by atomic mass is 127. The van der Waals surface area contributed by atoms with Crippen LogP contribution >= 0.6 is 22.6 Å². The third-order valence-corrected chi connectivity index (χ3v) is 5.11. The van der Waals surface area contributed by atoms with Gasteiger partial charge in [-0.15, -0.1) is 0 Å². The van der Waals surface area contributed by atoms with E-state index < -0.39 is 0 Å². The average Bonchev–Trinajstić information content (AvgIpc) is 2.38. The summed E-state index contributed by atoms with van der Waals surface area (Å²) in [6.45, 7) is 2.15. The van der Waals surface area contributed by atoms with E-state index in [-0.39, 0.29) is 0 Å². The Bertz CT molecular complexity index is 559. The van der Waals surface area contributed by atoms with Gasteiger partial charge in [0.15, 0.2) is 0 Å². The molecule has 0 radical (unpaired) electrons. The molecule has 1 fully saturated rings. The van der Waals surface area contributed by atoms with Crippen molar-refractivity contribution < 1.29 is 0 Å². The zero-order chi connectivity index (χ0) is 13.2. The van der Waals surface area contributed by atoms with Gasteiger partial charge >= 0.3 is 0 Å². The summed E-state index contributed by atoms with van der Waals surface area (Å²) in [5, 5.41) is 3.64. The molecule has 19 heavy (non-hydrogen) atoms. The first-order valence-corrected chi connectivity index (χ1v) is 7.88. The first-order valence-electron chi connectivity index (χ1n) is 6.80. The van der Waals surface area contributed by atoms with Crippen LogP contribution in [-0.2, 0) is 0 Å². The summed E-state index contributed by atoms with van der Waals surface area (Å²) in [5.74, 6) is 0.739. The zero-order valence-corrected chi connectivity index (χ0v) is 13.2. The molecule has 1 aliphatic rings. The minimum absolute atomic E-state index is 0.628. The minimum atomic E-state index is 0.628. The monoisotopic (exact) mass is 363 g/mol. The Morgan fingerprint density at radius 2 is 1.79 bits per heavy atom. The van der Waals surface area contributed by atoms with Gasteiger partial charge in [-0.3, -0.25) is 0 Å². The predicted molar refractivity (Wildman–Crippen MR) is 89.7 cm³/mol. The summed E-state index contributed by atoms with van der Waals surface area (Å²) >= 11 is 2.40. The van der Waals surface area contributed by atoms with Crippen molar-refractivity contribution in [3.63, 3.8) is 0 Å². The number of halogens is 1. The van der Waals surface area contributed by atoms with Gasteiger partial charge in [-0.1, -0.05) is 36.4 Å². The highest BCUT2D eigenvalue weighted by Crippen LogP contribution is 2.38. The summed E-state index contributed by atoms with van der Waals surface area (Å²) in [5.41, 5.74) is 4.09. The van der Waals surface area contributed by atoms with Gasteiger partial charge < -0.3 is 5.32 Å². The van der Waals surface area contributed by atoms with Crippen LogP contribution in [-0.4, -0.2) is 6.04 Å². The largest absolute Gasteiger partial charge is 0.382 e. The molecule has 0 aliphatic heterocycles. The summed E-state index contributed by atoms with van der Waals surface area (Å²) in [6.07, 6.45) is 2.49. The van der Waals surface area contributed by atoms with E-state index in [9.17, 15) is 0 Å². The fourth-order valence-corrected chi connectivity index (χ4v) is 3.17. The molecule has 2 aromatic rings. The van der Waals surface area contributed by atoms with Crippen molar-refractivity contribution >= 4 is 28.3 Å². The number of anilines is 1. The maximum Gasteiger partial charge on any atom is 0.0353 e. The molecule has 0 saturated heterocycles. The van der Waals surface area contributed by atoms with Gasteiger partial charge in [-0.25, -0.2) is 0 Å². The molecule has 0 bridgehead atoms. The second-order valence-electron chi connectivity index (χ2n) is 5.38. The molecule has 2 heteroatoms. The maximum atomic E-state index is 3.64. The van der Waals surface area contributed by atoms with Crippen LogP contribution in [0.5, 0.6) is 0 Å². The first kappa shape index (κ1) is 13.0. The van der Waals surface area contributed by atoms with E-state index in [1.807, 2.05) is 0 Å². The lowest BCUT2D eigenvalue weighted by Crippen LogP contribution is -2.33. The lowest BCUT2D eigenvalue weighted by molar-refractivity contribution is 0.374. The van der Waals surface area contributed by atoms with E-state index in [1.165, 1.54) is 33.2 Å². The van der Waals surface area contributed by atoms with E-state index in [0.717, 1.165) is 5.92 Å². The number of rotatable bonds is 3. The molecule has 0 spiro atoms. The second-order valence-corrected chi connectivity index (χ2v) is 6.55. The lowest BCUT2D eigenvalue weighted by Gasteiger charge is -2.37. The molecular weight excluding hydrogens is 345 g/mol. The molecule has 1 saturated carbocycles. The van der Waals surface area contributed by atoms with Crippen LogP contribution in [0.3, 0.4) is 0 Å². The zero-order valence-electron chi connectivity index (χ0n) is 11.1. The van der Waals surface area contributed by atoms with Crippen LogP contribution in [0.2, 0.25) is 0 Å². The highest BCUT2D eigenvalue weighted by molar-refractivity contribution is 14.1. The Labute approximate surface area is 128 Å². The number of aryl methyl sites for hydroxylation is 1. The fraction of sp³-hybridized carbons (Fsp3) is 0.294. The van der Waals surface area contributed by atoms with Gasteiger partial charge in [0.2, 0.25) is 0 Å². The Balaban J connectivity index is 1.58. The Hall–Kier alpha value is -1.03. The topological polar surface area (TPSA) is 12.0 Å². The number of hydrogen-bond donors (Lipinski definition) is 1. The highest BCUT2D eigenvalue weighted by Gasteiger charge is 2.29. The molecule has 1 N–H and O–H groups in total. The van der Waals surface area contributed by atoms with Gasteiger partial charge in [0, 0.05) is 15.3 Å². The van der Waals surface area contributed by atoms with Gasteiger partial charge in [-0.2, -0.15) is 0 Å². The standard InChI is InChI=1S/C17H18IN/c1-12-7-8-15(11-17(12)18)19-16-9-14(10-16)13-5-3-2-4-6-13/h2-8,11,14,16,19H,9-10H2,1H3. The van der Waals surface area contributed by atoms with Crippen LogP contribution in [0.1, 0.15) is 29.9 Å². The van der Waals surface area contributed by atoms with Crippen LogP contribution in [0, 0.1) is 10.5 Å². The maximum absolute atomic E-state index is 3.64. The molecule has 1 aliphatic carbocycles. The molecule has 1 nitrogen and oxygen atoms in total. The number of benzene rings is 2. The van der Waals surface area contributed by atoms with Crippen molar-refractivity contribution in [3.8, 4) is 0 Å². The molecule has 0 aromatic heterocycles. The SMILES string of the molecule is Cc1ccc(NC2CC(c3ccccc3)C2)cc1I. The molecule has 0 unspecified atom stereocenters. The molecule has 0 atom stereocenters. The first-order chi connectivity index (χ1) is 9.22. The smallest absolute Gasteiger partial charge is 0.0353 e. The minimum Gasteiger partial charge on any atom is -0.382 e. The molecule has 3 rings (SSSR count). The molecule has 98 valence electrons. The van der Waals surface area contributed by atoms with Crippen LogP contribution in [0.15, 0.2) is 48.5 Å². The molecule has 0 heterocycles. The van der Waals surface area contributed by atoms with Crippen molar-refractivity contribution in [3.05, 3.63) is 63.2 Å². The molecular formula is C17H18IN. The Kier molecular flexibility index (Phi) is 3.78. The quantitative estimate of drug-likeness (QED) is 0.761. The van der Waals surface area contributed by atoms with Crippen molar-refractivity contribution in [1.29, 1.82) is 0 Å². The molecule has 2 aromatic carbocycles. The summed E-state index contributed by atoms with van der Waals surface area (Å²) < 4.78 is 1.33. The lowest BCUT2D eigenvalue weighted by atomic mass is 9.76. The number of nitrogens with one attached hydrogen (secondary N) is 1. The van der Waals surface area contributed by atoms with Crippen molar-refractivity contribution in [2.75, 3.05) is 5.32 Å². The summed E-state index contributed by atoms with van der Waals surface area (Å²) in [7, 11) is 0. The van der Waals surface area contributed by atoms with Crippen molar-refractivity contribution in [1.82, 2.24) is 0 Å². The van der Waals surface area contributed by atoms with Crippen molar-refractivity contribution in [2.24, 2.45) is 0 Å². The van der Waals surface area contributed by atoms with Crippen LogP contribution in [0.25, 0.3) is 0 Å². The molecule has 0 amide bonds. The normalized spacial score (nSPS) is 21.8. The van der Waals surface area contributed by atoms with Crippen molar-refractivity contribution in [2.45, 2.75) is 31.7 Å². The van der Waals surface area contributed by atoms with E-state index in [1.54, 1.807) is 0 Å². The van der Waals surface area contributed by atoms with E-state index in [4.69, 9.17) is 0 Å².